The second kappa shape index (κ2) is 7.77. The van der Waals surface area contributed by atoms with E-state index in [-0.39, 0.29) is 17.5 Å². The number of fused-ring (bicyclic) bond motifs is 1. The number of hydrogen-bond donors (Lipinski definition) is 1. The van der Waals surface area contributed by atoms with Crippen LogP contribution >= 0.6 is 11.8 Å². The van der Waals surface area contributed by atoms with E-state index in [9.17, 15) is 9.18 Å². The SMILES string of the molecule is Cc1nnc2ccc(-c3ccc(NC(=O)CSc4ccc(F)cc4)cc3)nn12. The van der Waals surface area contributed by atoms with Crippen molar-refractivity contribution in [1.29, 1.82) is 0 Å². The topological polar surface area (TPSA) is 72.2 Å². The molecule has 4 aromatic rings. The maximum atomic E-state index is 12.9. The van der Waals surface area contributed by atoms with Crippen molar-refractivity contribution in [2.75, 3.05) is 11.1 Å². The minimum atomic E-state index is -0.290. The van der Waals surface area contributed by atoms with E-state index < -0.39 is 0 Å². The lowest BCUT2D eigenvalue weighted by Gasteiger charge is -2.07. The van der Waals surface area contributed by atoms with Crippen molar-refractivity contribution < 1.29 is 9.18 Å². The molecule has 0 aliphatic rings. The summed E-state index contributed by atoms with van der Waals surface area (Å²) >= 11 is 1.36. The molecule has 0 bridgehead atoms. The highest BCUT2D eigenvalue weighted by Crippen LogP contribution is 2.21. The average Bonchev–Trinajstić information content (AvgIpc) is 3.08. The van der Waals surface area contributed by atoms with Gasteiger partial charge in [-0.1, -0.05) is 12.1 Å². The van der Waals surface area contributed by atoms with Crippen LogP contribution < -0.4 is 5.32 Å². The van der Waals surface area contributed by atoms with Crippen LogP contribution in [0.1, 0.15) is 5.82 Å². The number of aromatic nitrogens is 4. The number of carbonyl (C=O) groups excluding carboxylic acids is 1. The minimum Gasteiger partial charge on any atom is -0.325 e. The number of thioether (sulfide) groups is 1. The van der Waals surface area contributed by atoms with Gasteiger partial charge in [0.25, 0.3) is 0 Å². The van der Waals surface area contributed by atoms with Crippen LogP contribution in [0.25, 0.3) is 16.9 Å². The number of rotatable bonds is 5. The van der Waals surface area contributed by atoms with Gasteiger partial charge in [-0.2, -0.15) is 9.61 Å². The average molecular weight is 393 g/mol. The molecule has 0 saturated carbocycles. The molecule has 2 aromatic carbocycles. The first-order chi connectivity index (χ1) is 13.6. The molecule has 0 radical (unpaired) electrons. The fourth-order valence-corrected chi connectivity index (χ4v) is 3.35. The van der Waals surface area contributed by atoms with Gasteiger partial charge < -0.3 is 5.32 Å². The summed E-state index contributed by atoms with van der Waals surface area (Å²) in [5.41, 5.74) is 3.12. The molecular weight excluding hydrogens is 377 g/mol. The molecule has 6 nitrogen and oxygen atoms in total. The van der Waals surface area contributed by atoms with Crippen LogP contribution in [0, 0.1) is 12.7 Å². The Morgan fingerprint density at radius 3 is 2.54 bits per heavy atom. The lowest BCUT2D eigenvalue weighted by atomic mass is 10.1. The highest BCUT2D eigenvalue weighted by atomic mass is 32.2. The zero-order valence-corrected chi connectivity index (χ0v) is 15.8. The molecule has 8 heteroatoms. The van der Waals surface area contributed by atoms with Crippen molar-refractivity contribution in [3.63, 3.8) is 0 Å². The van der Waals surface area contributed by atoms with Crippen molar-refractivity contribution in [3.05, 3.63) is 72.3 Å². The smallest absolute Gasteiger partial charge is 0.234 e. The Balaban J connectivity index is 1.40. The highest BCUT2D eigenvalue weighted by molar-refractivity contribution is 8.00. The third-order valence-corrected chi connectivity index (χ3v) is 5.08. The van der Waals surface area contributed by atoms with E-state index in [0.29, 0.717) is 11.3 Å². The van der Waals surface area contributed by atoms with Crippen molar-refractivity contribution in [1.82, 2.24) is 19.8 Å². The van der Waals surface area contributed by atoms with E-state index in [4.69, 9.17) is 0 Å². The summed E-state index contributed by atoms with van der Waals surface area (Å²) in [6.07, 6.45) is 0. The summed E-state index contributed by atoms with van der Waals surface area (Å²) in [6.45, 7) is 1.85. The van der Waals surface area contributed by atoms with Crippen LogP contribution in [0.4, 0.5) is 10.1 Å². The third kappa shape index (κ3) is 4.01. The number of halogens is 1. The second-order valence-electron chi connectivity index (χ2n) is 6.10. The molecule has 0 fully saturated rings. The van der Waals surface area contributed by atoms with Gasteiger partial charge in [0.15, 0.2) is 11.5 Å². The monoisotopic (exact) mass is 393 g/mol. The first-order valence-electron chi connectivity index (χ1n) is 8.56. The van der Waals surface area contributed by atoms with Gasteiger partial charge >= 0.3 is 0 Å². The summed E-state index contributed by atoms with van der Waals surface area (Å²) in [7, 11) is 0. The van der Waals surface area contributed by atoms with E-state index in [1.165, 1.54) is 23.9 Å². The molecule has 28 heavy (non-hydrogen) atoms. The van der Waals surface area contributed by atoms with Crippen LogP contribution in [-0.2, 0) is 4.79 Å². The largest absolute Gasteiger partial charge is 0.325 e. The maximum absolute atomic E-state index is 12.9. The number of amides is 1. The predicted octanol–water partition coefficient (Wildman–Crippen LogP) is 3.97. The van der Waals surface area contributed by atoms with Gasteiger partial charge in [0.2, 0.25) is 5.91 Å². The summed E-state index contributed by atoms with van der Waals surface area (Å²) in [5, 5.41) is 15.4. The Bertz CT molecular complexity index is 1130. The van der Waals surface area contributed by atoms with Crippen LogP contribution in [0.3, 0.4) is 0 Å². The summed E-state index contributed by atoms with van der Waals surface area (Å²) in [6, 6.07) is 17.3. The number of hydrogen-bond acceptors (Lipinski definition) is 5. The van der Waals surface area contributed by atoms with Crippen LogP contribution in [0.2, 0.25) is 0 Å². The number of carbonyl (C=O) groups is 1. The van der Waals surface area contributed by atoms with Gasteiger partial charge in [0.1, 0.15) is 5.82 Å². The van der Waals surface area contributed by atoms with E-state index >= 15 is 0 Å². The van der Waals surface area contributed by atoms with Crippen molar-refractivity contribution in [3.8, 4) is 11.3 Å². The molecule has 0 aliphatic heterocycles. The maximum Gasteiger partial charge on any atom is 0.234 e. The zero-order valence-electron chi connectivity index (χ0n) is 15.0. The molecule has 0 saturated heterocycles. The number of anilines is 1. The Kier molecular flexibility index (Phi) is 5.03. The van der Waals surface area contributed by atoms with Crippen molar-refractivity contribution in [2.24, 2.45) is 0 Å². The molecule has 140 valence electrons. The van der Waals surface area contributed by atoms with Crippen molar-refractivity contribution >= 4 is 29.0 Å². The van der Waals surface area contributed by atoms with Crippen LogP contribution in [-0.4, -0.2) is 31.5 Å². The Labute approximate surface area is 164 Å². The van der Waals surface area contributed by atoms with Gasteiger partial charge in [-0.05, 0) is 55.5 Å². The van der Waals surface area contributed by atoms with E-state index in [2.05, 4.69) is 20.6 Å². The lowest BCUT2D eigenvalue weighted by Crippen LogP contribution is -2.13. The molecule has 2 heterocycles. The molecule has 1 amide bonds. The summed E-state index contributed by atoms with van der Waals surface area (Å²) < 4.78 is 14.6. The molecule has 4 rings (SSSR count). The fourth-order valence-electron chi connectivity index (χ4n) is 2.65. The number of nitrogens with zero attached hydrogens (tertiary/aromatic N) is 4. The van der Waals surface area contributed by atoms with Gasteiger partial charge in [-0.3, -0.25) is 4.79 Å². The second-order valence-corrected chi connectivity index (χ2v) is 7.15. The first-order valence-corrected chi connectivity index (χ1v) is 9.55. The van der Waals surface area contributed by atoms with Crippen LogP contribution in [0.15, 0.2) is 65.6 Å². The zero-order chi connectivity index (χ0) is 19.5. The van der Waals surface area contributed by atoms with E-state index in [0.717, 1.165) is 22.0 Å². The number of benzene rings is 2. The van der Waals surface area contributed by atoms with E-state index in [1.54, 1.807) is 16.6 Å². The summed E-state index contributed by atoms with van der Waals surface area (Å²) in [5.74, 6) is 0.557. The predicted molar refractivity (Wildman–Crippen MR) is 107 cm³/mol. The van der Waals surface area contributed by atoms with Gasteiger partial charge in [0, 0.05) is 16.1 Å². The molecule has 0 atom stereocenters. The molecule has 2 aromatic heterocycles. The molecule has 0 spiro atoms. The Morgan fingerprint density at radius 1 is 1.04 bits per heavy atom. The van der Waals surface area contributed by atoms with Gasteiger partial charge in [-0.15, -0.1) is 22.0 Å². The molecule has 0 aliphatic carbocycles. The molecule has 1 N–H and O–H groups in total. The third-order valence-electron chi connectivity index (χ3n) is 4.07. The molecular formula is C20H16FN5OS. The van der Waals surface area contributed by atoms with E-state index in [1.807, 2.05) is 43.3 Å². The first kappa shape index (κ1) is 18.1. The Morgan fingerprint density at radius 2 is 1.79 bits per heavy atom. The van der Waals surface area contributed by atoms with Gasteiger partial charge in [0.05, 0.1) is 11.4 Å². The quantitative estimate of drug-likeness (QED) is 0.520. The van der Waals surface area contributed by atoms with Crippen LogP contribution in [0.5, 0.6) is 0 Å². The Hall–Kier alpha value is -3.26. The number of aryl methyl sites for hydroxylation is 1. The number of nitrogens with one attached hydrogen (secondary N) is 1. The molecule has 0 unspecified atom stereocenters. The lowest BCUT2D eigenvalue weighted by molar-refractivity contribution is -0.113. The minimum absolute atomic E-state index is 0.123. The van der Waals surface area contributed by atoms with Gasteiger partial charge in [-0.25, -0.2) is 4.39 Å². The highest BCUT2D eigenvalue weighted by Gasteiger charge is 2.07. The van der Waals surface area contributed by atoms with Crippen molar-refractivity contribution in [2.45, 2.75) is 11.8 Å². The standard InChI is InChI=1S/C20H16FN5OS/c1-13-23-24-19-11-10-18(25-26(13)19)14-2-6-16(7-3-14)22-20(27)12-28-17-8-4-15(21)5-9-17/h2-11H,12H2,1H3,(H,22,27). The normalized spacial score (nSPS) is 10.9. The fraction of sp³-hybridized carbons (Fsp3) is 0.100. The summed E-state index contributed by atoms with van der Waals surface area (Å²) in [4.78, 5) is 13.0.